The molecule has 0 unspecified atom stereocenters. The number of nitrogens with zero attached hydrogens (tertiary/aromatic N) is 8. The van der Waals surface area contributed by atoms with Crippen LogP contribution in [0.5, 0.6) is 0 Å². The molecule has 10 nitrogen and oxygen atoms in total. The van der Waals surface area contributed by atoms with Crippen LogP contribution in [0, 0.1) is 0 Å². The number of hydrogen-bond acceptors (Lipinski definition) is 10. The van der Waals surface area contributed by atoms with Crippen LogP contribution in [0.3, 0.4) is 0 Å². The second-order valence-corrected chi connectivity index (χ2v) is 8.16. The van der Waals surface area contributed by atoms with Gasteiger partial charge in [0.1, 0.15) is 5.82 Å². The third-order valence-electron chi connectivity index (χ3n) is 4.60. The Morgan fingerprint density at radius 1 is 1.13 bits per heavy atom. The molecule has 0 bridgehead atoms. The van der Waals surface area contributed by atoms with Gasteiger partial charge in [0.15, 0.2) is 5.13 Å². The number of nitrogens with one attached hydrogen (secondary N) is 1. The largest absolute Gasteiger partial charge is 0.379 e. The van der Waals surface area contributed by atoms with Gasteiger partial charge in [-0.2, -0.15) is 0 Å². The SMILES string of the molecule is Clc1nc(CN2CCOCC2)cc(Nc2ncc(-c3nnn(-c4ccccc4)n3)s2)n1. The molecule has 0 amide bonds. The van der Waals surface area contributed by atoms with E-state index >= 15 is 0 Å². The quantitative estimate of drug-likeness (QED) is 0.439. The van der Waals surface area contributed by atoms with E-state index in [9.17, 15) is 0 Å². The van der Waals surface area contributed by atoms with Crippen molar-refractivity contribution in [3.05, 3.63) is 53.6 Å². The highest BCUT2D eigenvalue weighted by molar-refractivity contribution is 7.18. The first-order chi connectivity index (χ1) is 15.2. The van der Waals surface area contributed by atoms with Gasteiger partial charge < -0.3 is 10.1 Å². The third kappa shape index (κ3) is 4.85. The summed E-state index contributed by atoms with van der Waals surface area (Å²) in [5.74, 6) is 1.09. The fourth-order valence-corrected chi connectivity index (χ4v) is 4.07. The molecule has 3 aromatic heterocycles. The Hall–Kier alpha value is -2.99. The number of aromatic nitrogens is 7. The molecule has 0 saturated carbocycles. The summed E-state index contributed by atoms with van der Waals surface area (Å²) < 4.78 is 5.39. The standard InChI is InChI=1S/C19H18ClN9OS/c20-18-22-13(12-28-6-8-30-9-7-28)10-16(23-18)24-19-21-11-15(31-19)17-25-27-29(26-17)14-4-2-1-3-5-14/h1-5,10-11H,6-9,12H2,(H,21,22,23,24). The van der Waals surface area contributed by atoms with E-state index in [4.69, 9.17) is 16.3 Å². The van der Waals surface area contributed by atoms with Crippen LogP contribution in [0.25, 0.3) is 16.4 Å². The monoisotopic (exact) mass is 455 g/mol. The van der Waals surface area contributed by atoms with E-state index < -0.39 is 0 Å². The van der Waals surface area contributed by atoms with E-state index in [-0.39, 0.29) is 5.28 Å². The van der Waals surface area contributed by atoms with Crippen LogP contribution in [-0.2, 0) is 11.3 Å². The molecule has 0 atom stereocenters. The molecule has 0 radical (unpaired) electrons. The van der Waals surface area contributed by atoms with Crippen molar-refractivity contribution >= 4 is 33.9 Å². The summed E-state index contributed by atoms with van der Waals surface area (Å²) in [4.78, 5) is 17.6. The molecule has 1 aliphatic rings. The first-order valence-corrected chi connectivity index (χ1v) is 10.8. The Labute approximate surface area is 186 Å². The average molecular weight is 456 g/mol. The Morgan fingerprint density at radius 2 is 1.97 bits per heavy atom. The fourth-order valence-electron chi connectivity index (χ4n) is 3.13. The Bertz CT molecular complexity index is 1160. The lowest BCUT2D eigenvalue weighted by Crippen LogP contribution is -2.35. The summed E-state index contributed by atoms with van der Waals surface area (Å²) in [6, 6.07) is 11.5. The minimum atomic E-state index is 0.192. The average Bonchev–Trinajstić information content (AvgIpc) is 3.44. The van der Waals surface area contributed by atoms with Crippen molar-refractivity contribution in [3.8, 4) is 16.4 Å². The minimum Gasteiger partial charge on any atom is -0.379 e. The molecule has 1 aromatic carbocycles. The maximum Gasteiger partial charge on any atom is 0.224 e. The van der Waals surface area contributed by atoms with Crippen molar-refractivity contribution in [1.29, 1.82) is 0 Å². The van der Waals surface area contributed by atoms with Gasteiger partial charge in [-0.1, -0.05) is 29.5 Å². The maximum atomic E-state index is 6.14. The number of para-hydroxylation sites is 1. The van der Waals surface area contributed by atoms with Gasteiger partial charge in [-0.25, -0.2) is 15.0 Å². The summed E-state index contributed by atoms with van der Waals surface area (Å²) in [6.07, 6.45) is 1.71. The van der Waals surface area contributed by atoms with Crippen LogP contribution in [0.4, 0.5) is 10.9 Å². The van der Waals surface area contributed by atoms with Gasteiger partial charge in [0.25, 0.3) is 0 Å². The van der Waals surface area contributed by atoms with Crippen molar-refractivity contribution < 1.29 is 4.74 Å². The van der Waals surface area contributed by atoms with E-state index in [1.165, 1.54) is 16.1 Å². The number of tetrazole rings is 1. The van der Waals surface area contributed by atoms with Gasteiger partial charge in [0.2, 0.25) is 11.1 Å². The lowest BCUT2D eigenvalue weighted by Gasteiger charge is -2.26. The molecule has 4 heterocycles. The molecule has 1 N–H and O–H groups in total. The first-order valence-electron chi connectivity index (χ1n) is 9.65. The van der Waals surface area contributed by atoms with Gasteiger partial charge in [0, 0.05) is 25.7 Å². The molecule has 1 saturated heterocycles. The van der Waals surface area contributed by atoms with Crippen molar-refractivity contribution in [2.24, 2.45) is 0 Å². The van der Waals surface area contributed by atoms with Crippen molar-refractivity contribution in [2.45, 2.75) is 6.54 Å². The Balaban J connectivity index is 1.30. The smallest absolute Gasteiger partial charge is 0.224 e. The van der Waals surface area contributed by atoms with Crippen LogP contribution >= 0.6 is 22.9 Å². The molecule has 4 aromatic rings. The predicted molar refractivity (Wildman–Crippen MR) is 117 cm³/mol. The lowest BCUT2D eigenvalue weighted by atomic mass is 10.3. The van der Waals surface area contributed by atoms with Crippen LogP contribution in [0.2, 0.25) is 5.28 Å². The molecule has 12 heteroatoms. The number of halogens is 1. The zero-order valence-corrected chi connectivity index (χ0v) is 17.9. The highest BCUT2D eigenvalue weighted by atomic mass is 35.5. The molecular weight excluding hydrogens is 438 g/mol. The number of anilines is 2. The predicted octanol–water partition coefficient (Wildman–Crippen LogP) is 2.81. The van der Waals surface area contributed by atoms with Crippen LogP contribution < -0.4 is 5.32 Å². The maximum absolute atomic E-state index is 6.14. The van der Waals surface area contributed by atoms with Crippen LogP contribution in [0.15, 0.2) is 42.6 Å². The summed E-state index contributed by atoms with van der Waals surface area (Å²) >= 11 is 7.55. The molecule has 1 fully saturated rings. The zero-order valence-electron chi connectivity index (χ0n) is 16.3. The normalized spacial score (nSPS) is 14.6. The summed E-state index contributed by atoms with van der Waals surface area (Å²) in [6.45, 7) is 3.90. The number of benzene rings is 1. The van der Waals surface area contributed by atoms with Gasteiger partial charge >= 0.3 is 0 Å². The molecular formula is C19H18ClN9OS. The van der Waals surface area contributed by atoms with Crippen molar-refractivity contribution in [1.82, 2.24) is 40.1 Å². The Kier molecular flexibility index (Phi) is 5.80. The number of rotatable bonds is 6. The summed E-state index contributed by atoms with van der Waals surface area (Å²) in [7, 11) is 0. The molecule has 5 rings (SSSR count). The van der Waals surface area contributed by atoms with E-state index in [0.717, 1.165) is 42.6 Å². The third-order valence-corrected chi connectivity index (χ3v) is 5.68. The molecule has 1 aliphatic heterocycles. The van der Waals surface area contributed by atoms with Gasteiger partial charge in [-0.05, 0) is 28.9 Å². The number of thiazole rings is 1. The van der Waals surface area contributed by atoms with E-state index in [0.29, 0.717) is 23.3 Å². The van der Waals surface area contributed by atoms with Gasteiger partial charge in [-0.15, -0.1) is 15.0 Å². The van der Waals surface area contributed by atoms with Gasteiger partial charge in [0.05, 0.1) is 35.7 Å². The van der Waals surface area contributed by atoms with Crippen LogP contribution in [0.1, 0.15) is 5.69 Å². The molecule has 0 aliphatic carbocycles. The lowest BCUT2D eigenvalue weighted by molar-refractivity contribution is 0.0336. The second-order valence-electron chi connectivity index (χ2n) is 6.79. The van der Waals surface area contributed by atoms with Crippen molar-refractivity contribution in [3.63, 3.8) is 0 Å². The zero-order chi connectivity index (χ0) is 21.0. The molecule has 0 spiro atoms. The van der Waals surface area contributed by atoms with Gasteiger partial charge in [-0.3, -0.25) is 4.90 Å². The van der Waals surface area contributed by atoms with E-state index in [2.05, 4.69) is 40.6 Å². The van der Waals surface area contributed by atoms with Crippen molar-refractivity contribution in [2.75, 3.05) is 31.6 Å². The van der Waals surface area contributed by atoms with Crippen LogP contribution in [-0.4, -0.2) is 66.4 Å². The fraction of sp³-hybridized carbons (Fsp3) is 0.263. The molecule has 31 heavy (non-hydrogen) atoms. The number of morpholine rings is 1. The highest BCUT2D eigenvalue weighted by Gasteiger charge is 2.15. The highest BCUT2D eigenvalue weighted by Crippen LogP contribution is 2.28. The van der Waals surface area contributed by atoms with E-state index in [1.807, 2.05) is 36.4 Å². The Morgan fingerprint density at radius 3 is 2.81 bits per heavy atom. The minimum absolute atomic E-state index is 0.192. The number of ether oxygens (including phenoxy) is 1. The topological polar surface area (TPSA) is 107 Å². The van der Waals surface area contributed by atoms with E-state index in [1.54, 1.807) is 6.20 Å². The summed E-state index contributed by atoms with van der Waals surface area (Å²) in [5, 5.41) is 16.7. The second kappa shape index (κ2) is 9.02. The number of hydrogen-bond donors (Lipinski definition) is 1. The molecule has 158 valence electrons. The summed E-state index contributed by atoms with van der Waals surface area (Å²) in [5.41, 5.74) is 1.68. The first kappa shape index (κ1) is 19.9.